The zero-order valence-electron chi connectivity index (χ0n) is 14.0. The second-order valence-electron chi connectivity index (χ2n) is 6.15. The van der Waals surface area contributed by atoms with Gasteiger partial charge in [-0.1, -0.05) is 0 Å². The summed E-state index contributed by atoms with van der Waals surface area (Å²) in [6.07, 6.45) is 7.03. The lowest BCUT2D eigenvalue weighted by Gasteiger charge is -2.17. The van der Waals surface area contributed by atoms with Gasteiger partial charge in [-0.25, -0.2) is 4.57 Å². The average Bonchev–Trinajstić information content (AvgIpc) is 3.09. The van der Waals surface area contributed by atoms with E-state index in [0.29, 0.717) is 13.0 Å². The van der Waals surface area contributed by atoms with Gasteiger partial charge in [0.15, 0.2) is 18.9 Å². The van der Waals surface area contributed by atoms with Gasteiger partial charge in [0.2, 0.25) is 5.91 Å². The number of hydrogen-bond donors (Lipinski definition) is 1. The Kier molecular flexibility index (Phi) is 6.79. The molecule has 1 saturated heterocycles. The van der Waals surface area contributed by atoms with Crippen molar-refractivity contribution in [3.63, 3.8) is 0 Å². The van der Waals surface area contributed by atoms with Gasteiger partial charge >= 0.3 is 0 Å². The average molecular weight is 390 g/mol. The smallest absolute Gasteiger partial charge is 0.230 e. The number of aryl methyl sites for hydroxylation is 2. The summed E-state index contributed by atoms with van der Waals surface area (Å²) in [4.78, 5) is 14.4. The van der Waals surface area contributed by atoms with Gasteiger partial charge in [-0.3, -0.25) is 4.79 Å². The Morgan fingerprint density at radius 2 is 1.71 bits per heavy atom. The van der Waals surface area contributed by atoms with Crippen LogP contribution in [0.3, 0.4) is 0 Å². The first-order chi connectivity index (χ1) is 11.2. The minimum Gasteiger partial charge on any atom is -1.00 e. The topological polar surface area (TPSA) is 36.2 Å². The maximum absolute atomic E-state index is 12.1. The van der Waals surface area contributed by atoms with E-state index in [1.54, 1.807) is 0 Å². The highest BCUT2D eigenvalue weighted by Gasteiger charge is 2.12. The highest BCUT2D eigenvalue weighted by atomic mass is 79.9. The van der Waals surface area contributed by atoms with E-state index in [0.717, 1.165) is 18.8 Å². The first-order valence-corrected chi connectivity index (χ1v) is 8.31. The number of nitrogens with zero attached hydrogens (tertiary/aromatic N) is 2. The molecule has 128 valence electrons. The van der Waals surface area contributed by atoms with E-state index < -0.39 is 0 Å². The number of aromatic nitrogens is 1. The Hall–Kier alpha value is -1.88. The Morgan fingerprint density at radius 1 is 1.08 bits per heavy atom. The molecular formula is C19H24BrN3O. The van der Waals surface area contributed by atoms with Crippen LogP contribution in [0, 0.1) is 6.92 Å². The van der Waals surface area contributed by atoms with Gasteiger partial charge in [-0.2, -0.15) is 0 Å². The quantitative estimate of drug-likeness (QED) is 0.725. The van der Waals surface area contributed by atoms with Gasteiger partial charge in [-0.15, -0.1) is 0 Å². The number of nitrogens with one attached hydrogen (secondary N) is 1. The number of rotatable bonds is 5. The number of carbonyl (C=O) groups excluding carboxylic acids is 1. The fraction of sp³-hybridized carbons (Fsp3) is 0.368. The molecule has 0 saturated carbocycles. The zero-order valence-corrected chi connectivity index (χ0v) is 15.6. The maximum atomic E-state index is 12.1. The van der Waals surface area contributed by atoms with Crippen molar-refractivity contribution in [2.45, 2.75) is 32.7 Å². The number of amides is 1. The summed E-state index contributed by atoms with van der Waals surface area (Å²) in [5.41, 5.74) is 3.34. The van der Waals surface area contributed by atoms with Crippen LogP contribution in [0.25, 0.3) is 0 Å². The second kappa shape index (κ2) is 8.83. The van der Waals surface area contributed by atoms with Crippen LogP contribution in [0.4, 0.5) is 11.4 Å². The first kappa shape index (κ1) is 18.5. The first-order valence-electron chi connectivity index (χ1n) is 8.31. The SMILES string of the molecule is Cc1cc[n+](CCC(=O)Nc2ccc(N3CCCC3)cc2)cc1.[Br-]. The van der Waals surface area contributed by atoms with Gasteiger partial charge in [-0.05, 0) is 49.6 Å². The molecule has 0 bridgehead atoms. The lowest BCUT2D eigenvalue weighted by atomic mass is 10.2. The summed E-state index contributed by atoms with van der Waals surface area (Å²) in [5.74, 6) is 0.0481. The van der Waals surface area contributed by atoms with E-state index in [4.69, 9.17) is 0 Å². The predicted octanol–water partition coefficient (Wildman–Crippen LogP) is -0.0845. The van der Waals surface area contributed by atoms with E-state index in [1.807, 2.05) is 29.1 Å². The van der Waals surface area contributed by atoms with Crippen LogP contribution in [0.1, 0.15) is 24.8 Å². The molecular weight excluding hydrogens is 366 g/mol. The molecule has 1 aromatic carbocycles. The number of benzene rings is 1. The third-order valence-corrected chi connectivity index (χ3v) is 4.28. The van der Waals surface area contributed by atoms with Crippen molar-refractivity contribution in [2.24, 2.45) is 0 Å². The molecule has 2 aromatic rings. The van der Waals surface area contributed by atoms with Crippen molar-refractivity contribution in [3.05, 3.63) is 54.4 Å². The van der Waals surface area contributed by atoms with Gasteiger partial charge in [0.05, 0.1) is 6.42 Å². The molecule has 0 unspecified atom stereocenters. The van der Waals surface area contributed by atoms with E-state index in [-0.39, 0.29) is 22.9 Å². The van der Waals surface area contributed by atoms with E-state index in [1.165, 1.54) is 24.1 Å². The Balaban J connectivity index is 0.00000208. The van der Waals surface area contributed by atoms with Crippen molar-refractivity contribution in [1.82, 2.24) is 0 Å². The summed E-state index contributed by atoms with van der Waals surface area (Å²) in [7, 11) is 0. The van der Waals surface area contributed by atoms with Crippen LogP contribution in [-0.4, -0.2) is 19.0 Å². The Labute approximate surface area is 154 Å². The van der Waals surface area contributed by atoms with Crippen LogP contribution in [0.15, 0.2) is 48.8 Å². The number of carbonyl (C=O) groups is 1. The molecule has 0 aliphatic carbocycles. The largest absolute Gasteiger partial charge is 1.00 e. The number of anilines is 2. The third kappa shape index (κ3) is 5.06. The molecule has 4 nitrogen and oxygen atoms in total. The standard InChI is InChI=1S/C19H23N3O.BrH/c1-16-8-13-21(14-9-16)15-10-19(23)20-17-4-6-18(7-5-17)22-11-2-3-12-22;/h4-9,13-14H,2-3,10-12,15H2,1H3;1H. The van der Waals surface area contributed by atoms with Crippen molar-refractivity contribution in [1.29, 1.82) is 0 Å². The summed E-state index contributed by atoms with van der Waals surface area (Å²) in [6, 6.07) is 12.3. The van der Waals surface area contributed by atoms with Crippen LogP contribution in [-0.2, 0) is 11.3 Å². The van der Waals surface area contributed by atoms with Crippen LogP contribution in [0.2, 0.25) is 0 Å². The molecule has 1 N–H and O–H groups in total. The molecule has 3 rings (SSSR count). The molecule has 0 atom stereocenters. The highest BCUT2D eigenvalue weighted by molar-refractivity contribution is 5.90. The zero-order chi connectivity index (χ0) is 16.1. The lowest BCUT2D eigenvalue weighted by molar-refractivity contribution is -0.695. The summed E-state index contributed by atoms with van der Waals surface area (Å²) in [6.45, 7) is 5.03. The lowest BCUT2D eigenvalue weighted by Crippen LogP contribution is -3.00. The second-order valence-corrected chi connectivity index (χ2v) is 6.15. The number of hydrogen-bond acceptors (Lipinski definition) is 2. The van der Waals surface area contributed by atoms with Crippen LogP contribution in [0.5, 0.6) is 0 Å². The van der Waals surface area contributed by atoms with Crippen molar-refractivity contribution < 1.29 is 26.3 Å². The summed E-state index contributed by atoms with van der Waals surface area (Å²) < 4.78 is 2.03. The molecule has 1 fully saturated rings. The summed E-state index contributed by atoms with van der Waals surface area (Å²) in [5, 5.41) is 2.97. The fourth-order valence-electron chi connectivity index (χ4n) is 2.87. The summed E-state index contributed by atoms with van der Waals surface area (Å²) >= 11 is 0. The molecule has 0 spiro atoms. The van der Waals surface area contributed by atoms with Crippen molar-refractivity contribution >= 4 is 17.3 Å². The Morgan fingerprint density at radius 3 is 2.33 bits per heavy atom. The molecule has 1 aliphatic heterocycles. The normalized spacial score (nSPS) is 13.5. The van der Waals surface area contributed by atoms with E-state index in [9.17, 15) is 4.79 Å². The van der Waals surface area contributed by atoms with Crippen molar-refractivity contribution in [3.8, 4) is 0 Å². The molecule has 0 radical (unpaired) electrons. The van der Waals surface area contributed by atoms with Gasteiger partial charge in [0.25, 0.3) is 0 Å². The molecule has 24 heavy (non-hydrogen) atoms. The van der Waals surface area contributed by atoms with E-state index >= 15 is 0 Å². The molecule has 2 heterocycles. The van der Waals surface area contributed by atoms with Gasteiger partial charge in [0, 0.05) is 36.6 Å². The van der Waals surface area contributed by atoms with Crippen molar-refractivity contribution in [2.75, 3.05) is 23.3 Å². The van der Waals surface area contributed by atoms with Gasteiger partial charge in [0.1, 0.15) is 0 Å². The van der Waals surface area contributed by atoms with E-state index in [2.05, 4.69) is 41.4 Å². The molecule has 1 aromatic heterocycles. The third-order valence-electron chi connectivity index (χ3n) is 4.28. The number of halogens is 1. The molecule has 1 aliphatic rings. The monoisotopic (exact) mass is 389 g/mol. The number of pyridine rings is 1. The van der Waals surface area contributed by atoms with Crippen LogP contribution >= 0.6 is 0 Å². The fourth-order valence-corrected chi connectivity index (χ4v) is 2.87. The molecule has 1 amide bonds. The van der Waals surface area contributed by atoms with Gasteiger partial charge < -0.3 is 27.2 Å². The predicted molar refractivity (Wildman–Crippen MR) is 92.5 cm³/mol. The minimum atomic E-state index is 0. The Bertz CT molecular complexity index is 649. The highest BCUT2D eigenvalue weighted by Crippen LogP contribution is 2.22. The molecule has 5 heteroatoms. The van der Waals surface area contributed by atoms with Crippen LogP contribution < -0.4 is 31.8 Å². The maximum Gasteiger partial charge on any atom is 0.230 e. The minimum absolute atomic E-state index is 0.